The summed E-state index contributed by atoms with van der Waals surface area (Å²) in [6.07, 6.45) is 0.486. The summed E-state index contributed by atoms with van der Waals surface area (Å²) < 4.78 is 3.47. The van der Waals surface area contributed by atoms with Gasteiger partial charge in [0.15, 0.2) is 5.65 Å². The molecule has 4 aromatic rings. The first kappa shape index (κ1) is 21.5. The molecule has 7 nitrogen and oxygen atoms in total. The van der Waals surface area contributed by atoms with Gasteiger partial charge in [0.25, 0.3) is 5.56 Å². The Morgan fingerprint density at radius 1 is 1.03 bits per heavy atom. The highest BCUT2D eigenvalue weighted by Crippen LogP contribution is 2.20. The molecule has 0 aliphatic heterocycles. The van der Waals surface area contributed by atoms with E-state index >= 15 is 0 Å². The highest BCUT2D eigenvalue weighted by molar-refractivity contribution is 5.77. The van der Waals surface area contributed by atoms with Crippen molar-refractivity contribution in [1.29, 1.82) is 0 Å². The molecule has 2 heterocycles. The highest BCUT2D eigenvalue weighted by Gasteiger charge is 2.19. The number of amides is 1. The summed E-state index contributed by atoms with van der Waals surface area (Å²) in [6, 6.07) is 17.7. The molecule has 0 unspecified atom stereocenters. The third kappa shape index (κ3) is 4.32. The standard InChI is InChI=1S/C25H27N5O2/c1-4-29-24-23(18(3)28-30(24)20-12-10-17(2)11-13-20)27-21(25(29)32)14-15-22(31)26-16-19-8-6-5-7-9-19/h5-13H,4,14-16H2,1-3H3,(H,26,31). The van der Waals surface area contributed by atoms with Crippen LogP contribution in [-0.2, 0) is 24.3 Å². The average Bonchev–Trinajstić information content (AvgIpc) is 3.13. The molecule has 0 aliphatic rings. The van der Waals surface area contributed by atoms with Crippen LogP contribution in [0.15, 0.2) is 59.4 Å². The van der Waals surface area contributed by atoms with Crippen LogP contribution in [0.5, 0.6) is 0 Å². The molecule has 1 N–H and O–H groups in total. The molecule has 0 atom stereocenters. The summed E-state index contributed by atoms with van der Waals surface area (Å²) in [5.74, 6) is -0.106. The van der Waals surface area contributed by atoms with Crippen molar-refractivity contribution in [3.8, 4) is 5.69 Å². The molecule has 0 saturated carbocycles. The lowest BCUT2D eigenvalue weighted by Gasteiger charge is -2.11. The van der Waals surface area contributed by atoms with E-state index < -0.39 is 0 Å². The van der Waals surface area contributed by atoms with Crippen LogP contribution in [0.2, 0.25) is 0 Å². The zero-order chi connectivity index (χ0) is 22.7. The molecule has 0 bridgehead atoms. The van der Waals surface area contributed by atoms with Gasteiger partial charge in [0, 0.05) is 25.9 Å². The number of nitrogens with one attached hydrogen (secondary N) is 1. The molecule has 0 saturated heterocycles. The van der Waals surface area contributed by atoms with Crippen LogP contribution in [0.25, 0.3) is 16.9 Å². The van der Waals surface area contributed by atoms with Gasteiger partial charge in [-0.3, -0.25) is 14.2 Å². The molecule has 0 aliphatic carbocycles. The van der Waals surface area contributed by atoms with Crippen molar-refractivity contribution < 1.29 is 4.79 Å². The molecular formula is C25H27N5O2. The van der Waals surface area contributed by atoms with Gasteiger partial charge >= 0.3 is 0 Å². The molecule has 32 heavy (non-hydrogen) atoms. The zero-order valence-corrected chi connectivity index (χ0v) is 18.6. The van der Waals surface area contributed by atoms with Crippen molar-refractivity contribution in [2.75, 3.05) is 0 Å². The lowest BCUT2D eigenvalue weighted by Crippen LogP contribution is -2.28. The number of aryl methyl sites for hydroxylation is 4. The highest BCUT2D eigenvalue weighted by atomic mass is 16.1. The maximum atomic E-state index is 13.2. The maximum Gasteiger partial charge on any atom is 0.273 e. The van der Waals surface area contributed by atoms with Crippen molar-refractivity contribution in [3.63, 3.8) is 0 Å². The second-order valence-corrected chi connectivity index (χ2v) is 7.88. The molecule has 164 valence electrons. The third-order valence-corrected chi connectivity index (χ3v) is 5.52. The molecule has 0 fully saturated rings. The SMILES string of the molecule is CCn1c(=O)c(CCC(=O)NCc2ccccc2)nc2c(C)nn(-c3ccc(C)cc3)c21. The van der Waals surface area contributed by atoms with Crippen LogP contribution < -0.4 is 10.9 Å². The van der Waals surface area contributed by atoms with Crippen molar-refractivity contribution in [1.82, 2.24) is 24.6 Å². The first-order valence-electron chi connectivity index (χ1n) is 10.8. The number of benzene rings is 2. The van der Waals surface area contributed by atoms with Crippen molar-refractivity contribution in [2.45, 2.75) is 46.7 Å². The van der Waals surface area contributed by atoms with Gasteiger partial charge in [-0.05, 0) is 38.5 Å². The van der Waals surface area contributed by atoms with Crippen LogP contribution >= 0.6 is 0 Å². The van der Waals surface area contributed by atoms with Gasteiger partial charge in [-0.15, -0.1) is 0 Å². The lowest BCUT2D eigenvalue weighted by molar-refractivity contribution is -0.121. The van der Waals surface area contributed by atoms with Crippen molar-refractivity contribution in [2.24, 2.45) is 0 Å². The van der Waals surface area contributed by atoms with Gasteiger partial charge in [0.05, 0.1) is 11.4 Å². The predicted molar refractivity (Wildman–Crippen MR) is 125 cm³/mol. The minimum atomic E-state index is -0.177. The average molecular weight is 430 g/mol. The van der Waals surface area contributed by atoms with E-state index in [1.165, 1.54) is 0 Å². The topological polar surface area (TPSA) is 81.8 Å². The van der Waals surface area contributed by atoms with E-state index in [1.807, 2.05) is 75.4 Å². The normalized spacial score (nSPS) is 11.1. The Labute approximate surface area is 186 Å². The maximum absolute atomic E-state index is 13.2. The molecule has 1 amide bonds. The number of aromatic nitrogens is 4. The van der Waals surface area contributed by atoms with Gasteiger partial charge in [-0.2, -0.15) is 5.10 Å². The first-order valence-corrected chi connectivity index (χ1v) is 10.8. The fourth-order valence-electron chi connectivity index (χ4n) is 3.75. The number of carbonyl (C=O) groups is 1. The third-order valence-electron chi connectivity index (χ3n) is 5.52. The van der Waals surface area contributed by atoms with Crippen LogP contribution in [0.3, 0.4) is 0 Å². The first-order chi connectivity index (χ1) is 15.5. The summed E-state index contributed by atoms with van der Waals surface area (Å²) >= 11 is 0. The molecule has 7 heteroatoms. The van der Waals surface area contributed by atoms with E-state index in [0.717, 1.165) is 22.5 Å². The molecule has 4 rings (SSSR count). The van der Waals surface area contributed by atoms with Crippen LogP contribution in [0.4, 0.5) is 0 Å². The number of hydrogen-bond donors (Lipinski definition) is 1. The number of rotatable bonds is 7. The fraction of sp³-hybridized carbons (Fsp3) is 0.280. The quantitative estimate of drug-likeness (QED) is 0.488. The van der Waals surface area contributed by atoms with Gasteiger partial charge in [-0.1, -0.05) is 48.0 Å². The summed E-state index contributed by atoms with van der Waals surface area (Å²) in [7, 11) is 0. The summed E-state index contributed by atoms with van der Waals surface area (Å²) in [6.45, 7) is 6.80. The number of carbonyl (C=O) groups excluding carboxylic acids is 1. The Hall–Kier alpha value is -3.74. The van der Waals surface area contributed by atoms with Gasteiger partial charge in [0.2, 0.25) is 5.91 Å². The van der Waals surface area contributed by atoms with Crippen LogP contribution in [0, 0.1) is 13.8 Å². The second-order valence-electron chi connectivity index (χ2n) is 7.88. The lowest BCUT2D eigenvalue weighted by atomic mass is 10.2. The molecule has 2 aromatic carbocycles. The van der Waals surface area contributed by atoms with Crippen LogP contribution in [0.1, 0.15) is 35.9 Å². The predicted octanol–water partition coefficient (Wildman–Crippen LogP) is 3.47. The smallest absolute Gasteiger partial charge is 0.273 e. The van der Waals surface area contributed by atoms with E-state index in [9.17, 15) is 9.59 Å². The van der Waals surface area contributed by atoms with Gasteiger partial charge in [-0.25, -0.2) is 9.67 Å². The van der Waals surface area contributed by atoms with E-state index in [-0.39, 0.29) is 24.3 Å². The minimum Gasteiger partial charge on any atom is -0.352 e. The Balaban J connectivity index is 1.60. The monoisotopic (exact) mass is 429 g/mol. The molecular weight excluding hydrogens is 402 g/mol. The van der Waals surface area contributed by atoms with Gasteiger partial charge in [0.1, 0.15) is 11.2 Å². The van der Waals surface area contributed by atoms with E-state index in [4.69, 9.17) is 0 Å². The fourth-order valence-corrected chi connectivity index (χ4v) is 3.75. The van der Waals surface area contributed by atoms with Gasteiger partial charge < -0.3 is 5.32 Å². The largest absolute Gasteiger partial charge is 0.352 e. The Bertz CT molecular complexity index is 1300. The molecule has 0 radical (unpaired) electrons. The number of nitrogens with zero attached hydrogens (tertiary/aromatic N) is 4. The van der Waals surface area contributed by atoms with Crippen molar-refractivity contribution in [3.05, 3.63) is 87.5 Å². The summed E-state index contributed by atoms with van der Waals surface area (Å²) in [5, 5.41) is 7.56. The van der Waals surface area contributed by atoms with E-state index in [0.29, 0.717) is 29.9 Å². The summed E-state index contributed by atoms with van der Waals surface area (Å²) in [5.41, 5.74) is 5.39. The van der Waals surface area contributed by atoms with Crippen LogP contribution in [-0.4, -0.2) is 25.2 Å². The Kier molecular flexibility index (Phi) is 6.16. The Morgan fingerprint density at radius 2 is 1.75 bits per heavy atom. The summed E-state index contributed by atoms with van der Waals surface area (Å²) in [4.78, 5) is 30.2. The van der Waals surface area contributed by atoms with E-state index in [2.05, 4.69) is 15.4 Å². The minimum absolute atomic E-state index is 0.106. The molecule has 0 spiro atoms. The number of hydrogen-bond acceptors (Lipinski definition) is 4. The second kappa shape index (κ2) is 9.18. The van der Waals surface area contributed by atoms with Crippen molar-refractivity contribution >= 4 is 17.1 Å². The molecule has 2 aromatic heterocycles. The Morgan fingerprint density at radius 3 is 2.44 bits per heavy atom. The zero-order valence-electron chi connectivity index (χ0n) is 18.6. The van der Waals surface area contributed by atoms with E-state index in [1.54, 1.807) is 9.25 Å². The number of fused-ring (bicyclic) bond motifs is 1.